The van der Waals surface area contributed by atoms with Gasteiger partial charge in [-0.25, -0.2) is 0 Å². The molecule has 0 atom stereocenters. The number of methoxy groups -OCH3 is 1. The van der Waals surface area contributed by atoms with Crippen molar-refractivity contribution >= 4 is 11.3 Å². The van der Waals surface area contributed by atoms with Gasteiger partial charge in [-0.3, -0.25) is 0 Å². The van der Waals surface area contributed by atoms with Crippen LogP contribution in [0.5, 0.6) is 5.75 Å². The summed E-state index contributed by atoms with van der Waals surface area (Å²) in [6, 6.07) is 7.50. The summed E-state index contributed by atoms with van der Waals surface area (Å²) in [6.45, 7) is 1.67. The molecule has 0 spiro atoms. The number of aliphatic hydroxyl groups is 1. The molecule has 0 radical (unpaired) electrons. The van der Waals surface area contributed by atoms with Crippen molar-refractivity contribution in [1.82, 2.24) is 25.2 Å². The molecule has 3 rings (SSSR count). The summed E-state index contributed by atoms with van der Waals surface area (Å²) in [4.78, 5) is 0. The van der Waals surface area contributed by atoms with Gasteiger partial charge < -0.3 is 9.84 Å². The summed E-state index contributed by atoms with van der Waals surface area (Å²) in [5.41, 5.74) is 2.01. The first-order valence-electron chi connectivity index (χ1n) is 6.23. The van der Waals surface area contributed by atoms with Crippen molar-refractivity contribution in [3.8, 4) is 22.1 Å². The molecule has 0 bridgehead atoms. The summed E-state index contributed by atoms with van der Waals surface area (Å²) in [6.07, 6.45) is 0. The van der Waals surface area contributed by atoms with E-state index in [4.69, 9.17) is 4.74 Å². The zero-order valence-electron chi connectivity index (χ0n) is 11.5. The quantitative estimate of drug-likeness (QED) is 0.788. The number of nitrogens with zero attached hydrogens (tertiary/aromatic N) is 5. The van der Waals surface area contributed by atoms with E-state index < -0.39 is 0 Å². The first kappa shape index (κ1) is 13.7. The SMILES string of the molecule is COc1cccc(-c2c(CO)nnn2-c2nnc(C)s2)c1. The lowest BCUT2D eigenvalue weighted by Gasteiger charge is -2.06. The monoisotopic (exact) mass is 303 g/mol. The topological polar surface area (TPSA) is 86.0 Å². The van der Waals surface area contributed by atoms with E-state index in [1.165, 1.54) is 11.3 Å². The van der Waals surface area contributed by atoms with Crippen molar-refractivity contribution in [3.63, 3.8) is 0 Å². The van der Waals surface area contributed by atoms with Gasteiger partial charge >= 0.3 is 0 Å². The average Bonchev–Trinajstić information content (AvgIpc) is 3.12. The van der Waals surface area contributed by atoms with Crippen LogP contribution in [0.25, 0.3) is 16.4 Å². The third-order valence-corrected chi connectivity index (χ3v) is 3.74. The van der Waals surface area contributed by atoms with Crippen molar-refractivity contribution in [2.75, 3.05) is 7.11 Å². The van der Waals surface area contributed by atoms with E-state index in [0.717, 1.165) is 16.3 Å². The minimum absolute atomic E-state index is 0.204. The van der Waals surface area contributed by atoms with E-state index in [1.54, 1.807) is 11.8 Å². The van der Waals surface area contributed by atoms with Crippen molar-refractivity contribution in [2.24, 2.45) is 0 Å². The molecule has 2 aromatic heterocycles. The number of aliphatic hydroxyl groups excluding tert-OH is 1. The van der Waals surface area contributed by atoms with Gasteiger partial charge in [-0.15, -0.1) is 15.3 Å². The minimum atomic E-state index is -0.204. The van der Waals surface area contributed by atoms with Crippen molar-refractivity contribution < 1.29 is 9.84 Å². The fourth-order valence-corrected chi connectivity index (χ4v) is 2.63. The number of hydrogen-bond acceptors (Lipinski definition) is 7. The van der Waals surface area contributed by atoms with Gasteiger partial charge in [0.25, 0.3) is 0 Å². The molecule has 3 aromatic rings. The molecule has 0 saturated carbocycles. The zero-order valence-corrected chi connectivity index (χ0v) is 12.3. The molecule has 7 nitrogen and oxygen atoms in total. The van der Waals surface area contributed by atoms with Crippen LogP contribution in [0.2, 0.25) is 0 Å². The van der Waals surface area contributed by atoms with Crippen LogP contribution in [0, 0.1) is 6.92 Å². The molecule has 0 aliphatic heterocycles. The van der Waals surface area contributed by atoms with Crippen LogP contribution in [0.1, 0.15) is 10.7 Å². The van der Waals surface area contributed by atoms with E-state index in [2.05, 4.69) is 20.5 Å². The smallest absolute Gasteiger partial charge is 0.234 e. The van der Waals surface area contributed by atoms with E-state index in [9.17, 15) is 5.11 Å². The molecule has 21 heavy (non-hydrogen) atoms. The Morgan fingerprint density at radius 2 is 2.14 bits per heavy atom. The largest absolute Gasteiger partial charge is 0.497 e. The third-order valence-electron chi connectivity index (χ3n) is 2.93. The zero-order chi connectivity index (χ0) is 14.8. The van der Waals surface area contributed by atoms with Crippen molar-refractivity contribution in [3.05, 3.63) is 35.0 Å². The highest BCUT2D eigenvalue weighted by Crippen LogP contribution is 2.28. The predicted molar refractivity (Wildman–Crippen MR) is 77.5 cm³/mol. The van der Waals surface area contributed by atoms with Crippen LogP contribution < -0.4 is 4.74 Å². The summed E-state index contributed by atoms with van der Waals surface area (Å²) < 4.78 is 6.83. The number of rotatable bonds is 4. The molecule has 1 aromatic carbocycles. The van der Waals surface area contributed by atoms with E-state index >= 15 is 0 Å². The van der Waals surface area contributed by atoms with Crippen LogP contribution in [0.4, 0.5) is 0 Å². The number of hydrogen-bond donors (Lipinski definition) is 1. The molecular weight excluding hydrogens is 290 g/mol. The van der Waals surface area contributed by atoms with Gasteiger partial charge in [-0.2, -0.15) is 4.68 Å². The number of aryl methyl sites for hydroxylation is 1. The Balaban J connectivity index is 2.17. The van der Waals surface area contributed by atoms with Crippen LogP contribution in [0.15, 0.2) is 24.3 Å². The molecular formula is C13H13N5O2S. The van der Waals surface area contributed by atoms with Gasteiger partial charge in [-0.1, -0.05) is 28.7 Å². The highest BCUT2D eigenvalue weighted by molar-refractivity contribution is 7.13. The Hall–Kier alpha value is -2.32. The van der Waals surface area contributed by atoms with Crippen molar-refractivity contribution in [1.29, 1.82) is 0 Å². The predicted octanol–water partition coefficient (Wildman–Crippen LogP) is 1.60. The molecule has 2 heterocycles. The molecule has 108 valence electrons. The maximum Gasteiger partial charge on any atom is 0.234 e. The summed E-state index contributed by atoms with van der Waals surface area (Å²) in [7, 11) is 1.61. The van der Waals surface area contributed by atoms with E-state index in [1.807, 2.05) is 31.2 Å². The molecule has 8 heteroatoms. The lowest BCUT2D eigenvalue weighted by atomic mass is 10.1. The van der Waals surface area contributed by atoms with Gasteiger partial charge in [-0.05, 0) is 19.1 Å². The second kappa shape index (κ2) is 5.58. The van der Waals surface area contributed by atoms with Crippen molar-refractivity contribution in [2.45, 2.75) is 13.5 Å². The van der Waals surface area contributed by atoms with Crippen LogP contribution in [-0.2, 0) is 6.61 Å². The lowest BCUT2D eigenvalue weighted by molar-refractivity contribution is 0.277. The Morgan fingerprint density at radius 3 is 2.81 bits per heavy atom. The number of aromatic nitrogens is 5. The number of ether oxygens (including phenoxy) is 1. The van der Waals surface area contributed by atoms with Crippen LogP contribution >= 0.6 is 11.3 Å². The second-order valence-electron chi connectivity index (χ2n) is 4.29. The van der Waals surface area contributed by atoms with Gasteiger partial charge in [0.2, 0.25) is 5.13 Å². The first-order valence-corrected chi connectivity index (χ1v) is 7.05. The maximum atomic E-state index is 9.49. The first-order chi connectivity index (χ1) is 10.2. The Labute approximate surface area is 124 Å². The van der Waals surface area contributed by atoms with Gasteiger partial charge in [0.05, 0.1) is 13.7 Å². The summed E-state index contributed by atoms with van der Waals surface area (Å²) >= 11 is 1.41. The summed E-state index contributed by atoms with van der Waals surface area (Å²) in [5.74, 6) is 0.720. The molecule has 0 amide bonds. The Morgan fingerprint density at radius 1 is 1.29 bits per heavy atom. The fourth-order valence-electron chi connectivity index (χ4n) is 1.98. The van der Waals surface area contributed by atoms with Gasteiger partial charge in [0, 0.05) is 5.56 Å². The fraction of sp³-hybridized carbons (Fsp3) is 0.231. The molecule has 0 saturated heterocycles. The normalized spacial score (nSPS) is 10.8. The molecule has 0 unspecified atom stereocenters. The lowest BCUT2D eigenvalue weighted by Crippen LogP contribution is -2.00. The average molecular weight is 303 g/mol. The second-order valence-corrected chi connectivity index (χ2v) is 5.45. The van der Waals surface area contributed by atoms with Gasteiger partial charge in [0.1, 0.15) is 22.1 Å². The van der Waals surface area contributed by atoms with Gasteiger partial charge in [0.15, 0.2) is 0 Å². The minimum Gasteiger partial charge on any atom is -0.497 e. The highest BCUT2D eigenvalue weighted by atomic mass is 32.1. The van der Waals surface area contributed by atoms with Crippen LogP contribution in [0.3, 0.4) is 0 Å². The van der Waals surface area contributed by atoms with E-state index in [0.29, 0.717) is 16.5 Å². The molecule has 1 N–H and O–H groups in total. The number of benzene rings is 1. The molecule has 0 fully saturated rings. The van der Waals surface area contributed by atoms with E-state index in [-0.39, 0.29) is 6.61 Å². The maximum absolute atomic E-state index is 9.49. The molecule has 0 aliphatic carbocycles. The Bertz CT molecular complexity index is 768. The van der Waals surface area contributed by atoms with Crippen LogP contribution in [-0.4, -0.2) is 37.4 Å². The summed E-state index contributed by atoms with van der Waals surface area (Å²) in [5, 5.41) is 27.1. The standard InChI is InChI=1S/C13H13N5O2S/c1-8-14-16-13(21-8)18-12(11(7-19)15-17-18)9-4-3-5-10(6-9)20-2/h3-6,19H,7H2,1-2H3. The Kier molecular flexibility index (Phi) is 3.63. The highest BCUT2D eigenvalue weighted by Gasteiger charge is 2.18. The third kappa shape index (κ3) is 2.50. The molecule has 0 aliphatic rings.